The lowest BCUT2D eigenvalue weighted by molar-refractivity contribution is 0.455. The van der Waals surface area contributed by atoms with Gasteiger partial charge < -0.3 is 10.1 Å². The van der Waals surface area contributed by atoms with Gasteiger partial charge in [-0.3, -0.25) is 0 Å². The molecule has 2 N–H and O–H groups in total. The molecule has 0 aliphatic carbocycles. The molecule has 23 heavy (non-hydrogen) atoms. The van der Waals surface area contributed by atoms with Crippen LogP contribution >= 0.6 is 23.6 Å². The maximum Gasteiger partial charge on any atom is 0.208 e. The summed E-state index contributed by atoms with van der Waals surface area (Å²) in [4.78, 5) is 3.21. The van der Waals surface area contributed by atoms with Gasteiger partial charge in [-0.25, -0.2) is 8.78 Å². The minimum atomic E-state index is -0.895. The zero-order valence-corrected chi connectivity index (χ0v) is 13.4. The molecule has 0 spiro atoms. The molecule has 0 aliphatic heterocycles. The Labute approximate surface area is 140 Å². The number of H-pyrrole nitrogens is 1. The molecule has 0 saturated carbocycles. The highest BCUT2D eigenvalue weighted by molar-refractivity contribution is 7.73. The van der Waals surface area contributed by atoms with Crippen molar-refractivity contribution in [2.24, 2.45) is 0 Å². The lowest BCUT2D eigenvalue weighted by Gasteiger charge is -2.08. The number of halogens is 2. The number of aromatic hydroxyl groups is 1. The minimum absolute atomic E-state index is 0.0248. The number of rotatable bonds is 3. The van der Waals surface area contributed by atoms with Gasteiger partial charge in [0.15, 0.2) is 15.6 Å². The number of hydrogen-bond acceptors (Lipinski definition) is 3. The van der Waals surface area contributed by atoms with E-state index in [-0.39, 0.29) is 5.88 Å². The van der Waals surface area contributed by atoms with Gasteiger partial charge in [-0.2, -0.15) is 0 Å². The smallest absolute Gasteiger partial charge is 0.208 e. The van der Waals surface area contributed by atoms with E-state index in [0.717, 1.165) is 23.3 Å². The first kappa shape index (κ1) is 15.6. The Balaban J connectivity index is 2.02. The highest BCUT2D eigenvalue weighted by Crippen LogP contribution is 2.34. The van der Waals surface area contributed by atoms with Gasteiger partial charge in [0.05, 0.1) is 4.88 Å². The summed E-state index contributed by atoms with van der Waals surface area (Å²) in [5, 5.41) is 9.85. The number of thiazole rings is 1. The highest BCUT2D eigenvalue weighted by atomic mass is 32.1. The predicted octanol–water partition coefficient (Wildman–Crippen LogP) is 5.52. The van der Waals surface area contributed by atoms with Gasteiger partial charge in [0.2, 0.25) is 5.88 Å². The van der Waals surface area contributed by atoms with Crippen LogP contribution in [0.3, 0.4) is 0 Å². The molecule has 0 saturated heterocycles. The van der Waals surface area contributed by atoms with Crippen molar-refractivity contribution in [3.63, 3.8) is 0 Å². The quantitative estimate of drug-likeness (QED) is 0.612. The standard InChI is InChI=1S/C17H11F2NOS2/c1-9(15-16(21)20-17(22)23-15)10-3-2-4-11(7-10)12-5-6-13(18)14(19)8-12/h2-8,21H,1H2,(H,20,22). The molecule has 2 aromatic carbocycles. The fourth-order valence-electron chi connectivity index (χ4n) is 2.22. The number of benzene rings is 2. The second-order valence-electron chi connectivity index (χ2n) is 4.88. The van der Waals surface area contributed by atoms with Gasteiger partial charge in [-0.15, -0.1) is 11.3 Å². The lowest BCUT2D eigenvalue weighted by Crippen LogP contribution is -1.88. The van der Waals surface area contributed by atoms with Gasteiger partial charge in [-0.1, -0.05) is 30.8 Å². The van der Waals surface area contributed by atoms with Crippen molar-refractivity contribution in [1.82, 2.24) is 4.98 Å². The Morgan fingerprint density at radius 2 is 1.83 bits per heavy atom. The molecule has 2 nitrogen and oxygen atoms in total. The number of hydrogen-bond donors (Lipinski definition) is 2. The summed E-state index contributed by atoms with van der Waals surface area (Å²) < 4.78 is 26.9. The van der Waals surface area contributed by atoms with Gasteiger partial charge in [0, 0.05) is 0 Å². The van der Waals surface area contributed by atoms with Crippen LogP contribution < -0.4 is 0 Å². The van der Waals surface area contributed by atoms with Crippen molar-refractivity contribution >= 4 is 29.1 Å². The van der Waals surface area contributed by atoms with Crippen molar-refractivity contribution in [2.45, 2.75) is 0 Å². The Morgan fingerprint density at radius 3 is 2.48 bits per heavy atom. The molecule has 6 heteroatoms. The summed E-state index contributed by atoms with van der Waals surface area (Å²) in [6.45, 7) is 3.99. The van der Waals surface area contributed by atoms with Crippen LogP contribution in [0.1, 0.15) is 10.4 Å². The maximum atomic E-state index is 13.4. The number of aromatic nitrogens is 1. The number of aromatic amines is 1. The second kappa shape index (κ2) is 6.06. The molecule has 1 heterocycles. The monoisotopic (exact) mass is 347 g/mol. The van der Waals surface area contributed by atoms with E-state index in [1.54, 1.807) is 18.2 Å². The van der Waals surface area contributed by atoms with Gasteiger partial charge in [0.25, 0.3) is 0 Å². The first-order chi connectivity index (χ1) is 11.0. The first-order valence-electron chi connectivity index (χ1n) is 6.63. The van der Waals surface area contributed by atoms with E-state index in [4.69, 9.17) is 12.2 Å². The molecular weight excluding hydrogens is 336 g/mol. The van der Waals surface area contributed by atoms with Crippen LogP contribution in [0.2, 0.25) is 0 Å². The lowest BCUT2D eigenvalue weighted by atomic mass is 9.99. The van der Waals surface area contributed by atoms with Crippen molar-refractivity contribution in [1.29, 1.82) is 0 Å². The van der Waals surface area contributed by atoms with Crippen LogP contribution in [0.4, 0.5) is 8.78 Å². The third kappa shape index (κ3) is 3.09. The van der Waals surface area contributed by atoms with Crippen LogP contribution in [0, 0.1) is 15.6 Å². The van der Waals surface area contributed by atoms with E-state index in [2.05, 4.69) is 11.6 Å². The molecule has 0 atom stereocenters. The van der Waals surface area contributed by atoms with Gasteiger partial charge in [0.1, 0.15) is 0 Å². The Kier molecular flexibility index (Phi) is 4.11. The SMILES string of the molecule is C=C(c1cccc(-c2ccc(F)c(F)c2)c1)c1sc(=S)[nH]c1O. The summed E-state index contributed by atoms with van der Waals surface area (Å²) >= 11 is 6.23. The van der Waals surface area contributed by atoms with Gasteiger partial charge >= 0.3 is 0 Å². The summed E-state index contributed by atoms with van der Waals surface area (Å²) in [6, 6.07) is 11.0. The molecule has 0 amide bonds. The fraction of sp³-hybridized carbons (Fsp3) is 0. The van der Waals surface area contributed by atoms with Crippen LogP contribution in [0.5, 0.6) is 5.88 Å². The Hall–Kier alpha value is -2.31. The molecule has 0 radical (unpaired) electrons. The molecule has 0 aliphatic rings. The van der Waals surface area contributed by atoms with E-state index in [9.17, 15) is 13.9 Å². The predicted molar refractivity (Wildman–Crippen MR) is 91.1 cm³/mol. The van der Waals surface area contributed by atoms with E-state index < -0.39 is 11.6 Å². The molecule has 3 aromatic rings. The first-order valence-corrected chi connectivity index (χ1v) is 7.85. The normalized spacial score (nSPS) is 10.7. The molecule has 3 rings (SSSR count). The van der Waals surface area contributed by atoms with Crippen molar-refractivity contribution in [3.05, 3.63) is 75.1 Å². The zero-order valence-electron chi connectivity index (χ0n) is 11.8. The van der Waals surface area contributed by atoms with Crippen molar-refractivity contribution < 1.29 is 13.9 Å². The van der Waals surface area contributed by atoms with E-state index in [1.807, 2.05) is 6.07 Å². The molecular formula is C17H11F2NOS2. The largest absolute Gasteiger partial charge is 0.494 e. The van der Waals surface area contributed by atoms with Gasteiger partial charge in [-0.05, 0) is 52.7 Å². The topological polar surface area (TPSA) is 36.0 Å². The third-order valence-electron chi connectivity index (χ3n) is 3.37. The van der Waals surface area contributed by atoms with E-state index in [0.29, 0.717) is 20.0 Å². The minimum Gasteiger partial charge on any atom is -0.494 e. The average molecular weight is 347 g/mol. The van der Waals surface area contributed by atoms with Crippen LogP contribution in [0.15, 0.2) is 49.0 Å². The van der Waals surface area contributed by atoms with E-state index >= 15 is 0 Å². The van der Waals surface area contributed by atoms with E-state index in [1.165, 1.54) is 17.4 Å². The second-order valence-corrected chi connectivity index (χ2v) is 6.57. The molecule has 1 aromatic heterocycles. The fourth-order valence-corrected chi connectivity index (χ4v) is 3.29. The summed E-state index contributed by atoms with van der Waals surface area (Å²) in [5.74, 6) is -1.80. The summed E-state index contributed by atoms with van der Waals surface area (Å²) in [6.07, 6.45) is 0. The molecule has 0 bridgehead atoms. The average Bonchev–Trinajstić information content (AvgIpc) is 2.88. The van der Waals surface area contributed by atoms with Crippen LogP contribution in [-0.2, 0) is 0 Å². The maximum absolute atomic E-state index is 13.4. The third-order valence-corrected chi connectivity index (χ3v) is 4.65. The number of nitrogens with one attached hydrogen (secondary N) is 1. The van der Waals surface area contributed by atoms with Crippen LogP contribution in [0.25, 0.3) is 16.7 Å². The Bertz CT molecular complexity index is 959. The summed E-state index contributed by atoms with van der Waals surface area (Å²) in [5.41, 5.74) is 2.64. The van der Waals surface area contributed by atoms with Crippen molar-refractivity contribution in [3.8, 4) is 17.0 Å². The summed E-state index contributed by atoms with van der Waals surface area (Å²) in [7, 11) is 0. The molecule has 0 fully saturated rings. The van der Waals surface area contributed by atoms with Crippen LogP contribution in [-0.4, -0.2) is 10.1 Å². The Morgan fingerprint density at radius 1 is 1.09 bits per heavy atom. The molecule has 0 unspecified atom stereocenters. The highest BCUT2D eigenvalue weighted by Gasteiger charge is 2.12. The van der Waals surface area contributed by atoms with Crippen molar-refractivity contribution in [2.75, 3.05) is 0 Å². The molecule has 116 valence electrons. The zero-order chi connectivity index (χ0) is 16.6.